The molecule has 3 aromatic rings. The molecule has 0 radical (unpaired) electrons. The van der Waals surface area contributed by atoms with Crippen molar-refractivity contribution in [2.24, 2.45) is 5.92 Å². The van der Waals surface area contributed by atoms with E-state index in [1.807, 2.05) is 75.4 Å². The molecule has 0 amide bonds. The summed E-state index contributed by atoms with van der Waals surface area (Å²) >= 11 is 0. The fourth-order valence-electron chi connectivity index (χ4n) is 4.03. The molecule has 1 aliphatic heterocycles. The summed E-state index contributed by atoms with van der Waals surface area (Å²) in [6.45, 7) is 6.96. The van der Waals surface area contributed by atoms with E-state index in [-0.39, 0.29) is 5.92 Å². The zero-order valence-corrected chi connectivity index (χ0v) is 20.7. The van der Waals surface area contributed by atoms with E-state index in [0.717, 1.165) is 47.7 Å². The quantitative estimate of drug-likeness (QED) is 0.365. The second-order valence-electron chi connectivity index (χ2n) is 9.08. The van der Waals surface area contributed by atoms with Gasteiger partial charge in [0.05, 0.1) is 13.2 Å². The van der Waals surface area contributed by atoms with Gasteiger partial charge in [-0.25, -0.2) is 9.97 Å². The van der Waals surface area contributed by atoms with Crippen LogP contribution in [0.15, 0.2) is 48.7 Å². The maximum atomic E-state index is 11.8. The van der Waals surface area contributed by atoms with Crippen LogP contribution in [-0.4, -0.2) is 62.4 Å². The van der Waals surface area contributed by atoms with E-state index in [0.29, 0.717) is 36.0 Å². The van der Waals surface area contributed by atoms with Gasteiger partial charge in [-0.2, -0.15) is 0 Å². The summed E-state index contributed by atoms with van der Waals surface area (Å²) < 4.78 is 5.44. The first-order chi connectivity index (χ1) is 16.9. The van der Waals surface area contributed by atoms with Gasteiger partial charge in [0.1, 0.15) is 17.3 Å². The molecule has 0 bridgehead atoms. The van der Waals surface area contributed by atoms with Gasteiger partial charge in [-0.05, 0) is 47.9 Å². The smallest absolute Gasteiger partial charge is 0.168 e. The maximum absolute atomic E-state index is 11.8. The van der Waals surface area contributed by atoms with Crippen LogP contribution in [0.4, 0.5) is 23.0 Å². The highest BCUT2D eigenvalue weighted by Crippen LogP contribution is 2.33. The molecule has 182 valence electrons. The van der Waals surface area contributed by atoms with Gasteiger partial charge >= 0.3 is 0 Å². The second-order valence-corrected chi connectivity index (χ2v) is 9.08. The summed E-state index contributed by atoms with van der Waals surface area (Å²) in [5.74, 6) is 1.34. The molecule has 8 heteroatoms. The molecule has 1 aromatic carbocycles. The number of aromatic nitrogens is 2. The minimum atomic E-state index is -0.0353. The topological polar surface area (TPSA) is 94.4 Å². The number of benzene rings is 1. The highest BCUT2D eigenvalue weighted by atomic mass is 16.5. The van der Waals surface area contributed by atoms with Crippen molar-refractivity contribution in [3.63, 3.8) is 0 Å². The lowest BCUT2D eigenvalue weighted by Crippen LogP contribution is -2.36. The van der Waals surface area contributed by atoms with Crippen molar-refractivity contribution in [1.29, 1.82) is 5.41 Å². The van der Waals surface area contributed by atoms with Crippen LogP contribution in [-0.2, 0) is 4.74 Å². The van der Waals surface area contributed by atoms with Gasteiger partial charge in [0.15, 0.2) is 6.29 Å². The molecule has 1 fully saturated rings. The Morgan fingerprint density at radius 2 is 1.94 bits per heavy atom. The number of carbonyl (C=O) groups excluding carboxylic acids is 1. The van der Waals surface area contributed by atoms with Gasteiger partial charge in [-0.3, -0.25) is 4.79 Å². The Labute approximate surface area is 206 Å². The molecule has 0 atom stereocenters. The Kier molecular flexibility index (Phi) is 7.41. The SMILES string of the molecule is CC(C)C(=N)c1c(-c2ccc(N3CCOCC3)nc2)cc(C=O)nc1Nc1cccc(N(C)C)c1. The molecule has 2 N–H and O–H groups in total. The summed E-state index contributed by atoms with van der Waals surface area (Å²) in [6.07, 6.45) is 2.55. The number of nitrogens with zero attached hydrogens (tertiary/aromatic N) is 4. The third-order valence-electron chi connectivity index (χ3n) is 6.03. The Morgan fingerprint density at radius 3 is 2.57 bits per heavy atom. The predicted octanol–water partition coefficient (Wildman–Crippen LogP) is 4.63. The minimum absolute atomic E-state index is 0.0353. The van der Waals surface area contributed by atoms with Gasteiger partial charge in [0.2, 0.25) is 0 Å². The van der Waals surface area contributed by atoms with Gasteiger partial charge < -0.3 is 25.3 Å². The van der Waals surface area contributed by atoms with Crippen LogP contribution in [0.5, 0.6) is 0 Å². The summed E-state index contributed by atoms with van der Waals surface area (Å²) in [4.78, 5) is 25.3. The number of ether oxygens (including phenoxy) is 1. The summed E-state index contributed by atoms with van der Waals surface area (Å²) in [5, 5.41) is 12.3. The number of nitrogens with one attached hydrogen (secondary N) is 2. The number of hydrogen-bond donors (Lipinski definition) is 2. The van der Waals surface area contributed by atoms with Crippen molar-refractivity contribution >= 4 is 35.0 Å². The fraction of sp³-hybridized carbons (Fsp3) is 0.333. The average Bonchev–Trinajstić information content (AvgIpc) is 2.88. The Morgan fingerprint density at radius 1 is 1.17 bits per heavy atom. The van der Waals surface area contributed by atoms with Crippen molar-refractivity contribution < 1.29 is 9.53 Å². The zero-order valence-electron chi connectivity index (χ0n) is 20.7. The zero-order chi connectivity index (χ0) is 24.9. The molecule has 0 spiro atoms. The van der Waals surface area contributed by atoms with E-state index in [1.165, 1.54) is 0 Å². The van der Waals surface area contributed by atoms with Gasteiger partial charge in [-0.15, -0.1) is 0 Å². The van der Waals surface area contributed by atoms with E-state index in [4.69, 9.17) is 10.1 Å². The first kappa shape index (κ1) is 24.3. The first-order valence-electron chi connectivity index (χ1n) is 11.8. The van der Waals surface area contributed by atoms with Gasteiger partial charge in [-0.1, -0.05) is 19.9 Å². The van der Waals surface area contributed by atoms with Gasteiger partial charge in [0.25, 0.3) is 0 Å². The largest absolute Gasteiger partial charge is 0.378 e. The predicted molar refractivity (Wildman–Crippen MR) is 142 cm³/mol. The monoisotopic (exact) mass is 472 g/mol. The molecule has 1 aliphatic rings. The molecule has 1 saturated heterocycles. The normalized spacial score (nSPS) is 13.6. The molecule has 3 heterocycles. The van der Waals surface area contributed by atoms with E-state index in [2.05, 4.69) is 20.2 Å². The number of pyridine rings is 2. The van der Waals surface area contributed by atoms with E-state index in [9.17, 15) is 4.79 Å². The number of aldehydes is 1. The van der Waals surface area contributed by atoms with Crippen molar-refractivity contribution in [2.45, 2.75) is 13.8 Å². The number of hydrogen-bond acceptors (Lipinski definition) is 8. The van der Waals surface area contributed by atoms with Crippen LogP contribution in [0.1, 0.15) is 29.9 Å². The summed E-state index contributed by atoms with van der Waals surface area (Å²) in [5.41, 5.74) is 4.85. The van der Waals surface area contributed by atoms with Crippen LogP contribution >= 0.6 is 0 Å². The van der Waals surface area contributed by atoms with Crippen molar-refractivity contribution in [3.05, 3.63) is 59.9 Å². The molecular weight excluding hydrogens is 440 g/mol. The highest BCUT2D eigenvalue weighted by Gasteiger charge is 2.21. The van der Waals surface area contributed by atoms with Crippen LogP contribution in [0.3, 0.4) is 0 Å². The Bertz CT molecular complexity index is 1200. The second kappa shape index (κ2) is 10.7. The van der Waals surface area contributed by atoms with Gasteiger partial charge in [0, 0.05) is 61.6 Å². The number of rotatable bonds is 8. The van der Waals surface area contributed by atoms with Crippen LogP contribution in [0.2, 0.25) is 0 Å². The number of anilines is 4. The standard InChI is InChI=1S/C27H32N6O2/c1-18(2)26(28)25-23(19-8-9-24(29-16-19)33-10-12-35-13-11-33)15-21(17-34)31-27(25)30-20-6-5-7-22(14-20)32(3)4/h5-9,14-18,28H,10-13H2,1-4H3,(H,30,31). The number of carbonyl (C=O) groups is 1. The molecule has 0 saturated carbocycles. The summed E-state index contributed by atoms with van der Waals surface area (Å²) in [7, 11) is 3.96. The molecular formula is C27H32N6O2. The molecule has 35 heavy (non-hydrogen) atoms. The third kappa shape index (κ3) is 5.49. The Hall–Kier alpha value is -3.78. The molecule has 2 aromatic heterocycles. The molecule has 8 nitrogen and oxygen atoms in total. The van der Waals surface area contributed by atoms with Crippen LogP contribution in [0, 0.1) is 11.3 Å². The van der Waals surface area contributed by atoms with Crippen molar-refractivity contribution in [1.82, 2.24) is 9.97 Å². The number of morpholine rings is 1. The molecule has 0 unspecified atom stereocenters. The third-order valence-corrected chi connectivity index (χ3v) is 6.03. The first-order valence-corrected chi connectivity index (χ1v) is 11.8. The van der Waals surface area contributed by atoms with E-state index < -0.39 is 0 Å². The van der Waals surface area contributed by atoms with E-state index in [1.54, 1.807) is 6.07 Å². The molecule has 4 rings (SSSR count). The lowest BCUT2D eigenvalue weighted by Gasteiger charge is -2.28. The van der Waals surface area contributed by atoms with Crippen LogP contribution < -0.4 is 15.1 Å². The Balaban J connectivity index is 1.79. The van der Waals surface area contributed by atoms with E-state index >= 15 is 0 Å². The maximum Gasteiger partial charge on any atom is 0.168 e. The lowest BCUT2D eigenvalue weighted by atomic mass is 9.92. The minimum Gasteiger partial charge on any atom is -0.378 e. The average molecular weight is 473 g/mol. The molecule has 0 aliphatic carbocycles. The summed E-state index contributed by atoms with van der Waals surface area (Å²) in [6, 6.07) is 13.7. The highest BCUT2D eigenvalue weighted by molar-refractivity contribution is 6.10. The van der Waals surface area contributed by atoms with Crippen molar-refractivity contribution in [3.8, 4) is 11.1 Å². The lowest BCUT2D eigenvalue weighted by molar-refractivity contribution is 0.111. The fourth-order valence-corrected chi connectivity index (χ4v) is 4.03. The van der Waals surface area contributed by atoms with Crippen LogP contribution in [0.25, 0.3) is 11.1 Å². The van der Waals surface area contributed by atoms with Crippen molar-refractivity contribution in [2.75, 3.05) is 55.5 Å².